The molecule has 0 aliphatic heterocycles. The van der Waals surface area contributed by atoms with Crippen LogP contribution in [0.4, 0.5) is 8.78 Å². The number of hydrogen-bond donors (Lipinski definition) is 1. The Hall–Kier alpha value is -3.42. The van der Waals surface area contributed by atoms with Crippen molar-refractivity contribution >= 4 is 5.91 Å². The van der Waals surface area contributed by atoms with Crippen LogP contribution in [0.2, 0.25) is 0 Å². The molecule has 0 unspecified atom stereocenters. The standard InChI is InChI=1S/C21H18F2N2O4/c22-21(23)28-15-9-8-14(10-16(15)27-11-12-6-7-12)20-25-17(19(24)26)18(29-20)13-4-2-1-3-5-13/h1-5,8-10,12,21H,6-7,11H2,(H2,24,26). The number of aromatic nitrogens is 1. The van der Waals surface area contributed by atoms with Crippen LogP contribution in [0.25, 0.3) is 22.8 Å². The number of rotatable bonds is 8. The lowest BCUT2D eigenvalue weighted by molar-refractivity contribution is -0.0515. The topological polar surface area (TPSA) is 87.6 Å². The first-order chi connectivity index (χ1) is 14.0. The number of benzene rings is 2. The second kappa shape index (κ2) is 7.90. The Morgan fingerprint density at radius 2 is 1.90 bits per heavy atom. The van der Waals surface area contributed by atoms with Gasteiger partial charge in [-0.15, -0.1) is 0 Å². The van der Waals surface area contributed by atoms with Gasteiger partial charge in [0, 0.05) is 11.1 Å². The zero-order valence-electron chi connectivity index (χ0n) is 15.3. The second-order valence-electron chi connectivity index (χ2n) is 6.72. The van der Waals surface area contributed by atoms with Crippen LogP contribution in [0.1, 0.15) is 23.3 Å². The molecule has 2 aromatic carbocycles. The average molecular weight is 400 g/mol. The van der Waals surface area contributed by atoms with Crippen molar-refractivity contribution in [3.8, 4) is 34.3 Å². The zero-order chi connectivity index (χ0) is 20.4. The van der Waals surface area contributed by atoms with Crippen molar-refractivity contribution in [2.24, 2.45) is 11.7 Å². The first kappa shape index (κ1) is 18.9. The molecule has 6 nitrogen and oxygen atoms in total. The summed E-state index contributed by atoms with van der Waals surface area (Å²) in [6.45, 7) is -2.56. The number of carbonyl (C=O) groups is 1. The van der Waals surface area contributed by atoms with Crippen molar-refractivity contribution in [1.82, 2.24) is 4.98 Å². The van der Waals surface area contributed by atoms with E-state index >= 15 is 0 Å². The van der Waals surface area contributed by atoms with Gasteiger partial charge in [-0.05, 0) is 37.0 Å². The fourth-order valence-corrected chi connectivity index (χ4v) is 2.84. The highest BCUT2D eigenvalue weighted by Gasteiger charge is 2.24. The molecule has 1 aromatic heterocycles. The molecule has 29 heavy (non-hydrogen) atoms. The summed E-state index contributed by atoms with van der Waals surface area (Å²) < 4.78 is 41.4. The fourth-order valence-electron chi connectivity index (χ4n) is 2.84. The highest BCUT2D eigenvalue weighted by molar-refractivity contribution is 5.97. The van der Waals surface area contributed by atoms with Gasteiger partial charge < -0.3 is 19.6 Å². The third kappa shape index (κ3) is 4.37. The van der Waals surface area contributed by atoms with Crippen LogP contribution in [-0.2, 0) is 0 Å². The van der Waals surface area contributed by atoms with E-state index in [1.165, 1.54) is 18.2 Å². The van der Waals surface area contributed by atoms with Crippen molar-refractivity contribution in [1.29, 1.82) is 0 Å². The van der Waals surface area contributed by atoms with Gasteiger partial charge in [-0.3, -0.25) is 4.79 Å². The van der Waals surface area contributed by atoms with E-state index in [4.69, 9.17) is 14.9 Å². The van der Waals surface area contributed by atoms with Crippen LogP contribution in [0.3, 0.4) is 0 Å². The Morgan fingerprint density at radius 3 is 2.55 bits per heavy atom. The van der Waals surface area contributed by atoms with E-state index in [0.717, 1.165) is 12.8 Å². The summed E-state index contributed by atoms with van der Waals surface area (Å²) >= 11 is 0. The molecule has 8 heteroatoms. The summed E-state index contributed by atoms with van der Waals surface area (Å²) in [7, 11) is 0. The maximum Gasteiger partial charge on any atom is 0.387 e. The molecule has 1 aliphatic carbocycles. The molecule has 0 bridgehead atoms. The van der Waals surface area contributed by atoms with Gasteiger partial charge in [0.1, 0.15) is 0 Å². The van der Waals surface area contributed by atoms with Gasteiger partial charge >= 0.3 is 6.61 Å². The lowest BCUT2D eigenvalue weighted by atomic mass is 10.1. The Bertz CT molecular complexity index is 1020. The highest BCUT2D eigenvalue weighted by Crippen LogP contribution is 2.37. The zero-order valence-corrected chi connectivity index (χ0v) is 15.3. The van der Waals surface area contributed by atoms with E-state index in [-0.39, 0.29) is 28.8 Å². The van der Waals surface area contributed by atoms with E-state index < -0.39 is 12.5 Å². The average Bonchev–Trinajstić information content (AvgIpc) is 3.42. The van der Waals surface area contributed by atoms with Gasteiger partial charge in [0.2, 0.25) is 5.89 Å². The smallest absolute Gasteiger partial charge is 0.387 e. The minimum Gasteiger partial charge on any atom is -0.489 e. The summed E-state index contributed by atoms with van der Waals surface area (Å²) in [6.07, 6.45) is 2.10. The van der Waals surface area contributed by atoms with Crippen molar-refractivity contribution < 1.29 is 27.5 Å². The lowest BCUT2D eigenvalue weighted by Gasteiger charge is -2.12. The number of nitrogens with zero attached hydrogens (tertiary/aromatic N) is 1. The molecule has 2 N–H and O–H groups in total. The molecule has 150 valence electrons. The van der Waals surface area contributed by atoms with Crippen molar-refractivity contribution in [2.45, 2.75) is 19.5 Å². The first-order valence-corrected chi connectivity index (χ1v) is 9.09. The molecule has 1 amide bonds. The van der Waals surface area contributed by atoms with E-state index in [2.05, 4.69) is 9.72 Å². The predicted octanol–water partition coefficient (Wildman–Crippen LogP) is 4.50. The molecule has 1 heterocycles. The number of alkyl halides is 2. The molecule has 0 saturated heterocycles. The van der Waals surface area contributed by atoms with E-state index in [1.54, 1.807) is 24.3 Å². The molecule has 3 aromatic rings. The number of nitrogens with two attached hydrogens (primary N) is 1. The molecular weight excluding hydrogens is 382 g/mol. The number of ether oxygens (including phenoxy) is 2. The van der Waals surface area contributed by atoms with E-state index in [0.29, 0.717) is 23.7 Å². The third-order valence-corrected chi connectivity index (χ3v) is 4.47. The molecule has 0 spiro atoms. The first-order valence-electron chi connectivity index (χ1n) is 9.09. The van der Waals surface area contributed by atoms with Crippen LogP contribution >= 0.6 is 0 Å². The predicted molar refractivity (Wildman–Crippen MR) is 101 cm³/mol. The molecular formula is C21H18F2N2O4. The third-order valence-electron chi connectivity index (χ3n) is 4.47. The number of carbonyl (C=O) groups excluding carboxylic acids is 1. The minimum absolute atomic E-state index is 0.0143. The van der Waals surface area contributed by atoms with Gasteiger partial charge in [-0.25, -0.2) is 4.98 Å². The number of primary amides is 1. The highest BCUT2D eigenvalue weighted by atomic mass is 19.3. The lowest BCUT2D eigenvalue weighted by Crippen LogP contribution is -2.12. The SMILES string of the molecule is NC(=O)c1nc(-c2ccc(OC(F)F)c(OCC3CC3)c2)oc1-c1ccccc1. The van der Waals surface area contributed by atoms with E-state index in [1.807, 2.05) is 6.07 Å². The van der Waals surface area contributed by atoms with Crippen LogP contribution in [0.5, 0.6) is 11.5 Å². The molecule has 1 aliphatic rings. The van der Waals surface area contributed by atoms with Gasteiger partial charge in [-0.1, -0.05) is 30.3 Å². The number of oxazole rings is 1. The van der Waals surface area contributed by atoms with Gasteiger partial charge in [0.05, 0.1) is 6.61 Å². The monoisotopic (exact) mass is 400 g/mol. The Kier molecular flexibility index (Phi) is 5.16. The summed E-state index contributed by atoms with van der Waals surface area (Å²) in [5.41, 5.74) is 6.52. The van der Waals surface area contributed by atoms with Crippen LogP contribution in [0, 0.1) is 5.92 Å². The van der Waals surface area contributed by atoms with Gasteiger partial charge in [0.25, 0.3) is 5.91 Å². The second-order valence-corrected chi connectivity index (χ2v) is 6.72. The summed E-state index contributed by atoms with van der Waals surface area (Å²) in [5.74, 6) is 0.135. The summed E-state index contributed by atoms with van der Waals surface area (Å²) in [6, 6.07) is 13.3. The van der Waals surface area contributed by atoms with Gasteiger partial charge in [0.15, 0.2) is 23.0 Å². The maximum atomic E-state index is 12.7. The van der Waals surface area contributed by atoms with Crippen molar-refractivity contribution in [3.63, 3.8) is 0 Å². The van der Waals surface area contributed by atoms with Gasteiger partial charge in [-0.2, -0.15) is 8.78 Å². The minimum atomic E-state index is -2.97. The molecule has 0 radical (unpaired) electrons. The summed E-state index contributed by atoms with van der Waals surface area (Å²) in [4.78, 5) is 16.0. The number of hydrogen-bond acceptors (Lipinski definition) is 5. The number of halogens is 2. The quantitative estimate of drug-likeness (QED) is 0.602. The largest absolute Gasteiger partial charge is 0.489 e. The van der Waals surface area contributed by atoms with Crippen molar-refractivity contribution in [2.75, 3.05) is 6.61 Å². The Balaban J connectivity index is 1.71. The molecule has 4 rings (SSSR count). The Labute approximate surface area is 165 Å². The molecule has 1 fully saturated rings. The van der Waals surface area contributed by atoms with Crippen LogP contribution in [-0.4, -0.2) is 24.1 Å². The maximum absolute atomic E-state index is 12.7. The Morgan fingerprint density at radius 1 is 1.14 bits per heavy atom. The fraction of sp³-hybridized carbons (Fsp3) is 0.238. The van der Waals surface area contributed by atoms with Crippen molar-refractivity contribution in [3.05, 3.63) is 54.2 Å². The molecule has 1 saturated carbocycles. The van der Waals surface area contributed by atoms with Crippen LogP contribution < -0.4 is 15.2 Å². The number of amides is 1. The molecule has 0 atom stereocenters. The van der Waals surface area contributed by atoms with Crippen LogP contribution in [0.15, 0.2) is 52.9 Å². The normalized spacial score (nSPS) is 13.5. The summed E-state index contributed by atoms with van der Waals surface area (Å²) in [5, 5.41) is 0. The van der Waals surface area contributed by atoms with E-state index in [9.17, 15) is 13.6 Å².